The summed E-state index contributed by atoms with van der Waals surface area (Å²) >= 11 is 0. The third-order valence-corrected chi connectivity index (χ3v) is 4.62. The van der Waals surface area contributed by atoms with Crippen molar-refractivity contribution < 1.29 is 4.74 Å². The van der Waals surface area contributed by atoms with Crippen molar-refractivity contribution in [1.82, 2.24) is 4.90 Å². The Hall–Kier alpha value is -1.06. The molecule has 1 aromatic rings. The predicted molar refractivity (Wildman–Crippen MR) is 83.4 cm³/mol. The summed E-state index contributed by atoms with van der Waals surface area (Å²) < 4.78 is 5.47. The molecule has 2 aliphatic rings. The molecule has 1 unspecified atom stereocenters. The van der Waals surface area contributed by atoms with E-state index >= 15 is 0 Å². The molecule has 110 valence electrons. The summed E-state index contributed by atoms with van der Waals surface area (Å²) in [6.07, 6.45) is 2.37. The van der Waals surface area contributed by atoms with Crippen molar-refractivity contribution in [1.29, 1.82) is 0 Å². The second-order valence-corrected chi connectivity index (χ2v) is 6.04. The summed E-state index contributed by atoms with van der Waals surface area (Å²) in [4.78, 5) is 5.12. The average molecular weight is 274 g/mol. The molecular weight excluding hydrogens is 248 g/mol. The number of benzene rings is 1. The lowest BCUT2D eigenvalue weighted by Crippen LogP contribution is -2.47. The molecule has 2 aliphatic heterocycles. The van der Waals surface area contributed by atoms with Gasteiger partial charge in [-0.25, -0.2) is 0 Å². The maximum absolute atomic E-state index is 5.47. The number of nitrogens with zero attached hydrogens (tertiary/aromatic N) is 2. The molecule has 3 heteroatoms. The minimum atomic E-state index is 0.769. The maximum atomic E-state index is 5.47. The Balaban J connectivity index is 1.49. The summed E-state index contributed by atoms with van der Waals surface area (Å²) in [5, 5.41) is 0. The highest BCUT2D eigenvalue weighted by atomic mass is 16.5. The van der Waals surface area contributed by atoms with E-state index in [1.807, 2.05) is 0 Å². The molecule has 2 fully saturated rings. The van der Waals surface area contributed by atoms with Crippen LogP contribution >= 0.6 is 0 Å². The molecule has 20 heavy (non-hydrogen) atoms. The topological polar surface area (TPSA) is 15.7 Å². The van der Waals surface area contributed by atoms with Gasteiger partial charge in [0.1, 0.15) is 0 Å². The van der Waals surface area contributed by atoms with Gasteiger partial charge in [0.05, 0.1) is 6.61 Å². The molecule has 1 atom stereocenters. The van der Waals surface area contributed by atoms with Crippen molar-refractivity contribution in [2.24, 2.45) is 5.92 Å². The van der Waals surface area contributed by atoms with Gasteiger partial charge in [-0.05, 0) is 36.5 Å². The van der Waals surface area contributed by atoms with Gasteiger partial charge in [0.2, 0.25) is 0 Å². The van der Waals surface area contributed by atoms with Crippen molar-refractivity contribution in [3.8, 4) is 0 Å². The molecule has 3 rings (SSSR count). The van der Waals surface area contributed by atoms with Crippen molar-refractivity contribution >= 4 is 5.69 Å². The zero-order chi connectivity index (χ0) is 13.8. The lowest BCUT2D eigenvalue weighted by molar-refractivity contribution is 0.164. The van der Waals surface area contributed by atoms with Crippen LogP contribution in [0.25, 0.3) is 0 Å². The molecule has 1 aromatic carbocycles. The Morgan fingerprint density at radius 3 is 2.45 bits per heavy atom. The Kier molecular flexibility index (Phi) is 4.58. The molecule has 0 aromatic heterocycles. The first-order chi connectivity index (χ1) is 9.85. The molecule has 0 radical (unpaired) electrons. The first-order valence-corrected chi connectivity index (χ1v) is 7.99. The molecule has 3 nitrogen and oxygen atoms in total. The number of ether oxygens (including phenoxy) is 1. The fourth-order valence-electron chi connectivity index (χ4n) is 3.22. The van der Waals surface area contributed by atoms with Crippen molar-refractivity contribution in [2.45, 2.75) is 19.8 Å². The van der Waals surface area contributed by atoms with E-state index in [1.54, 1.807) is 0 Å². The van der Waals surface area contributed by atoms with Crippen LogP contribution in [0, 0.1) is 5.92 Å². The van der Waals surface area contributed by atoms with Crippen molar-refractivity contribution in [2.75, 3.05) is 50.8 Å². The van der Waals surface area contributed by atoms with Crippen LogP contribution in [-0.4, -0.2) is 50.8 Å². The van der Waals surface area contributed by atoms with Gasteiger partial charge < -0.3 is 9.64 Å². The van der Waals surface area contributed by atoms with E-state index in [0.29, 0.717) is 0 Å². The summed E-state index contributed by atoms with van der Waals surface area (Å²) in [6.45, 7) is 10.0. The Bertz CT molecular complexity index is 404. The molecule has 0 saturated carbocycles. The zero-order valence-corrected chi connectivity index (χ0v) is 12.6. The van der Waals surface area contributed by atoms with Gasteiger partial charge in [-0.2, -0.15) is 0 Å². The summed E-state index contributed by atoms with van der Waals surface area (Å²) in [7, 11) is 0. The summed E-state index contributed by atoms with van der Waals surface area (Å²) in [5.74, 6) is 0.769. The van der Waals surface area contributed by atoms with Crippen LogP contribution in [0.2, 0.25) is 0 Å². The predicted octanol–water partition coefficient (Wildman–Crippen LogP) is 2.41. The molecule has 2 saturated heterocycles. The van der Waals surface area contributed by atoms with Gasteiger partial charge in [-0.15, -0.1) is 0 Å². The van der Waals surface area contributed by atoms with E-state index in [2.05, 4.69) is 41.0 Å². The monoisotopic (exact) mass is 274 g/mol. The van der Waals surface area contributed by atoms with Gasteiger partial charge in [-0.1, -0.05) is 19.1 Å². The van der Waals surface area contributed by atoms with Crippen LogP contribution in [0.3, 0.4) is 0 Å². The number of rotatable bonds is 4. The van der Waals surface area contributed by atoms with E-state index in [1.165, 1.54) is 37.3 Å². The van der Waals surface area contributed by atoms with E-state index in [-0.39, 0.29) is 0 Å². The first kappa shape index (κ1) is 13.9. The highest BCUT2D eigenvalue weighted by Gasteiger charge is 2.22. The summed E-state index contributed by atoms with van der Waals surface area (Å²) in [6, 6.07) is 9.08. The van der Waals surface area contributed by atoms with Crippen LogP contribution < -0.4 is 4.90 Å². The Morgan fingerprint density at radius 1 is 1.10 bits per heavy atom. The molecule has 0 spiro atoms. The lowest BCUT2D eigenvalue weighted by Gasteiger charge is -2.37. The third-order valence-electron chi connectivity index (χ3n) is 4.62. The minimum absolute atomic E-state index is 0.769. The number of hydrogen-bond donors (Lipinski definition) is 0. The third kappa shape index (κ3) is 3.33. The minimum Gasteiger partial charge on any atom is -0.381 e. The standard InChI is InChI=1S/C17H26N2O/c1-2-15-3-5-17(6-4-15)19-10-8-18(9-11-19)13-16-7-12-20-14-16/h3-6,16H,2,7-14H2,1H3. The van der Waals surface area contributed by atoms with Gasteiger partial charge in [-0.3, -0.25) is 4.90 Å². The smallest absolute Gasteiger partial charge is 0.0507 e. The molecule has 0 aliphatic carbocycles. The second kappa shape index (κ2) is 6.59. The Morgan fingerprint density at radius 2 is 1.85 bits per heavy atom. The zero-order valence-electron chi connectivity index (χ0n) is 12.6. The molecule has 0 amide bonds. The van der Waals surface area contributed by atoms with Crippen LogP contribution in [0.5, 0.6) is 0 Å². The second-order valence-electron chi connectivity index (χ2n) is 6.04. The summed E-state index contributed by atoms with van der Waals surface area (Å²) in [5.41, 5.74) is 2.81. The average Bonchev–Trinajstić information content (AvgIpc) is 3.01. The number of piperazine rings is 1. The van der Waals surface area contributed by atoms with Crippen LogP contribution in [-0.2, 0) is 11.2 Å². The lowest BCUT2D eigenvalue weighted by atomic mass is 10.1. The van der Waals surface area contributed by atoms with Crippen LogP contribution in [0.4, 0.5) is 5.69 Å². The van der Waals surface area contributed by atoms with E-state index < -0.39 is 0 Å². The van der Waals surface area contributed by atoms with Gasteiger partial charge in [0, 0.05) is 45.0 Å². The van der Waals surface area contributed by atoms with E-state index in [9.17, 15) is 0 Å². The normalized spacial score (nSPS) is 24.2. The SMILES string of the molecule is CCc1ccc(N2CCN(CC3CCOC3)CC2)cc1. The number of anilines is 1. The quantitative estimate of drug-likeness (QED) is 0.838. The molecule has 0 bridgehead atoms. The Labute approximate surface area is 122 Å². The molecule has 0 N–H and O–H groups in total. The van der Waals surface area contributed by atoms with Crippen molar-refractivity contribution in [3.63, 3.8) is 0 Å². The number of aryl methyl sites for hydroxylation is 1. The van der Waals surface area contributed by atoms with Crippen LogP contribution in [0.1, 0.15) is 18.9 Å². The van der Waals surface area contributed by atoms with Gasteiger partial charge >= 0.3 is 0 Å². The highest BCUT2D eigenvalue weighted by Crippen LogP contribution is 2.19. The fourth-order valence-corrected chi connectivity index (χ4v) is 3.22. The largest absolute Gasteiger partial charge is 0.381 e. The molecule has 2 heterocycles. The highest BCUT2D eigenvalue weighted by molar-refractivity contribution is 5.48. The van der Waals surface area contributed by atoms with Gasteiger partial charge in [0.15, 0.2) is 0 Å². The molecular formula is C17H26N2O. The fraction of sp³-hybridized carbons (Fsp3) is 0.647. The first-order valence-electron chi connectivity index (χ1n) is 7.99. The number of hydrogen-bond acceptors (Lipinski definition) is 3. The van der Waals surface area contributed by atoms with Gasteiger partial charge in [0.25, 0.3) is 0 Å². The van der Waals surface area contributed by atoms with E-state index in [4.69, 9.17) is 4.74 Å². The van der Waals surface area contributed by atoms with E-state index in [0.717, 1.165) is 38.6 Å². The van der Waals surface area contributed by atoms with Crippen molar-refractivity contribution in [3.05, 3.63) is 29.8 Å². The maximum Gasteiger partial charge on any atom is 0.0507 e. The van der Waals surface area contributed by atoms with Crippen LogP contribution in [0.15, 0.2) is 24.3 Å².